The maximum Gasteiger partial charge on any atom is 0.0991 e. The second kappa shape index (κ2) is 5.36. The van der Waals surface area contributed by atoms with Crippen molar-refractivity contribution in [2.24, 2.45) is 0 Å². The molecule has 0 aliphatic carbocycles. The van der Waals surface area contributed by atoms with E-state index in [1.165, 1.54) is 16.7 Å². The molecule has 0 unspecified atom stereocenters. The Morgan fingerprint density at radius 2 is 1.95 bits per heavy atom. The molecule has 2 aromatic carbocycles. The van der Waals surface area contributed by atoms with Gasteiger partial charge in [-0.15, -0.1) is 0 Å². The lowest BCUT2D eigenvalue weighted by molar-refractivity contribution is 0.246. The molecule has 100 valence electrons. The fourth-order valence-corrected chi connectivity index (χ4v) is 2.74. The van der Waals surface area contributed by atoms with E-state index in [4.69, 9.17) is 11.0 Å². The van der Waals surface area contributed by atoms with Gasteiger partial charge in [0.25, 0.3) is 0 Å². The molecular formula is C17H17N3. The van der Waals surface area contributed by atoms with Crippen molar-refractivity contribution in [1.29, 1.82) is 5.26 Å². The van der Waals surface area contributed by atoms with E-state index in [0.717, 1.165) is 31.7 Å². The maximum absolute atomic E-state index is 8.82. The molecule has 0 bridgehead atoms. The molecule has 3 nitrogen and oxygen atoms in total. The van der Waals surface area contributed by atoms with Crippen LogP contribution >= 0.6 is 0 Å². The Labute approximate surface area is 119 Å². The van der Waals surface area contributed by atoms with Gasteiger partial charge in [-0.1, -0.05) is 24.3 Å². The van der Waals surface area contributed by atoms with Gasteiger partial charge in [0.15, 0.2) is 0 Å². The van der Waals surface area contributed by atoms with Crippen LogP contribution in [0.15, 0.2) is 42.5 Å². The van der Waals surface area contributed by atoms with Crippen LogP contribution in [0.2, 0.25) is 0 Å². The van der Waals surface area contributed by atoms with E-state index in [-0.39, 0.29) is 0 Å². The molecule has 0 radical (unpaired) electrons. The van der Waals surface area contributed by atoms with E-state index in [1.54, 1.807) is 0 Å². The normalized spacial score (nSPS) is 14.6. The summed E-state index contributed by atoms with van der Waals surface area (Å²) in [7, 11) is 0. The summed E-state index contributed by atoms with van der Waals surface area (Å²) in [4.78, 5) is 2.40. The minimum absolute atomic E-state index is 0.710. The first-order valence-electron chi connectivity index (χ1n) is 6.84. The van der Waals surface area contributed by atoms with Gasteiger partial charge in [0.2, 0.25) is 0 Å². The van der Waals surface area contributed by atoms with Crippen LogP contribution in [0.1, 0.15) is 22.3 Å². The highest BCUT2D eigenvalue weighted by Gasteiger charge is 2.17. The van der Waals surface area contributed by atoms with Crippen LogP contribution < -0.4 is 5.73 Å². The van der Waals surface area contributed by atoms with Gasteiger partial charge in [0, 0.05) is 25.3 Å². The van der Waals surface area contributed by atoms with Gasteiger partial charge in [-0.25, -0.2) is 0 Å². The second-order valence-electron chi connectivity index (χ2n) is 5.25. The highest BCUT2D eigenvalue weighted by atomic mass is 15.1. The number of nitrogens with two attached hydrogens (primary N) is 1. The average Bonchev–Trinajstić information content (AvgIpc) is 2.49. The molecule has 2 aromatic rings. The zero-order valence-electron chi connectivity index (χ0n) is 11.3. The van der Waals surface area contributed by atoms with Crippen LogP contribution in [0.4, 0.5) is 5.69 Å². The molecule has 0 spiro atoms. The number of hydrogen-bond donors (Lipinski definition) is 1. The van der Waals surface area contributed by atoms with Gasteiger partial charge in [-0.3, -0.25) is 4.90 Å². The first-order valence-corrected chi connectivity index (χ1v) is 6.84. The van der Waals surface area contributed by atoms with Crippen LogP contribution in [0.25, 0.3) is 0 Å². The van der Waals surface area contributed by atoms with Crippen molar-refractivity contribution >= 4 is 5.69 Å². The summed E-state index contributed by atoms with van der Waals surface area (Å²) in [6.07, 6.45) is 1.05. The lowest BCUT2D eigenvalue weighted by atomic mass is 9.98. The molecule has 20 heavy (non-hydrogen) atoms. The molecular weight excluding hydrogens is 246 g/mol. The standard InChI is InChI=1S/C17H17N3/c18-10-13-4-6-14(7-5-13)11-20-9-8-15-2-1-3-17(19)16(15)12-20/h1-7H,8-9,11-12,19H2. The van der Waals surface area contributed by atoms with E-state index in [1.807, 2.05) is 36.4 Å². The maximum atomic E-state index is 8.82. The summed E-state index contributed by atoms with van der Waals surface area (Å²) in [5.74, 6) is 0. The fourth-order valence-electron chi connectivity index (χ4n) is 2.74. The number of nitrogen functional groups attached to an aromatic ring is 1. The van der Waals surface area contributed by atoms with Gasteiger partial charge in [0.05, 0.1) is 11.6 Å². The third-order valence-electron chi connectivity index (χ3n) is 3.88. The largest absolute Gasteiger partial charge is 0.398 e. The number of rotatable bonds is 2. The lowest BCUT2D eigenvalue weighted by Crippen LogP contribution is -2.30. The number of nitriles is 1. The minimum Gasteiger partial charge on any atom is -0.398 e. The summed E-state index contributed by atoms with van der Waals surface area (Å²) in [6.45, 7) is 2.86. The molecule has 0 fully saturated rings. The van der Waals surface area contributed by atoms with Crippen LogP contribution in [-0.2, 0) is 19.5 Å². The Balaban J connectivity index is 1.74. The highest BCUT2D eigenvalue weighted by Crippen LogP contribution is 2.25. The zero-order valence-corrected chi connectivity index (χ0v) is 11.3. The summed E-state index contributed by atoms with van der Waals surface area (Å²) in [5, 5.41) is 8.82. The quantitative estimate of drug-likeness (QED) is 0.848. The zero-order chi connectivity index (χ0) is 13.9. The number of anilines is 1. The van der Waals surface area contributed by atoms with Crippen molar-refractivity contribution in [1.82, 2.24) is 4.90 Å². The second-order valence-corrected chi connectivity index (χ2v) is 5.25. The molecule has 2 N–H and O–H groups in total. The molecule has 3 rings (SSSR count). The molecule has 1 aliphatic rings. The fraction of sp³-hybridized carbons (Fsp3) is 0.235. The first kappa shape index (κ1) is 12.7. The number of benzene rings is 2. The molecule has 0 atom stereocenters. The Hall–Kier alpha value is -2.31. The minimum atomic E-state index is 0.710. The summed E-state index contributed by atoms with van der Waals surface area (Å²) in [5.41, 5.74) is 11.6. The molecule has 0 saturated carbocycles. The highest BCUT2D eigenvalue weighted by molar-refractivity contribution is 5.51. The van der Waals surface area contributed by atoms with Gasteiger partial charge in [0.1, 0.15) is 0 Å². The SMILES string of the molecule is N#Cc1ccc(CN2CCc3cccc(N)c3C2)cc1. The molecule has 1 heterocycles. The predicted octanol–water partition coefficient (Wildman–Crippen LogP) is 2.70. The number of nitrogens with zero attached hydrogens (tertiary/aromatic N) is 2. The first-order chi connectivity index (χ1) is 9.76. The smallest absolute Gasteiger partial charge is 0.0991 e. The van der Waals surface area contributed by atoms with Gasteiger partial charge in [-0.05, 0) is 41.3 Å². The molecule has 0 aromatic heterocycles. The summed E-state index contributed by atoms with van der Waals surface area (Å²) in [6, 6.07) is 16.1. The number of fused-ring (bicyclic) bond motifs is 1. The third-order valence-corrected chi connectivity index (χ3v) is 3.88. The Kier molecular flexibility index (Phi) is 3.41. The Morgan fingerprint density at radius 3 is 2.70 bits per heavy atom. The monoisotopic (exact) mass is 263 g/mol. The third kappa shape index (κ3) is 2.52. The van der Waals surface area contributed by atoms with Crippen LogP contribution in [0.3, 0.4) is 0 Å². The van der Waals surface area contributed by atoms with Crippen LogP contribution in [-0.4, -0.2) is 11.4 Å². The Morgan fingerprint density at radius 1 is 1.15 bits per heavy atom. The molecule has 1 aliphatic heterocycles. The van der Waals surface area contributed by atoms with Crippen molar-refractivity contribution in [3.05, 3.63) is 64.7 Å². The van der Waals surface area contributed by atoms with E-state index in [0.29, 0.717) is 5.56 Å². The van der Waals surface area contributed by atoms with Gasteiger partial charge >= 0.3 is 0 Å². The summed E-state index contributed by atoms with van der Waals surface area (Å²) < 4.78 is 0. The van der Waals surface area contributed by atoms with Crippen molar-refractivity contribution in [2.75, 3.05) is 12.3 Å². The average molecular weight is 263 g/mol. The van der Waals surface area contributed by atoms with Crippen molar-refractivity contribution in [2.45, 2.75) is 19.5 Å². The van der Waals surface area contributed by atoms with Gasteiger partial charge < -0.3 is 5.73 Å². The van der Waals surface area contributed by atoms with Crippen molar-refractivity contribution < 1.29 is 0 Å². The van der Waals surface area contributed by atoms with E-state index in [9.17, 15) is 0 Å². The van der Waals surface area contributed by atoms with E-state index >= 15 is 0 Å². The topological polar surface area (TPSA) is 53.0 Å². The molecule has 3 heteroatoms. The molecule has 0 amide bonds. The van der Waals surface area contributed by atoms with Crippen LogP contribution in [0, 0.1) is 11.3 Å². The van der Waals surface area contributed by atoms with Crippen molar-refractivity contribution in [3.63, 3.8) is 0 Å². The van der Waals surface area contributed by atoms with Gasteiger partial charge in [-0.2, -0.15) is 5.26 Å². The van der Waals surface area contributed by atoms with E-state index < -0.39 is 0 Å². The van der Waals surface area contributed by atoms with E-state index in [2.05, 4.69) is 17.0 Å². The lowest BCUT2D eigenvalue weighted by Gasteiger charge is -2.29. The van der Waals surface area contributed by atoms with Crippen LogP contribution in [0.5, 0.6) is 0 Å². The predicted molar refractivity (Wildman–Crippen MR) is 79.8 cm³/mol. The molecule has 0 saturated heterocycles. The number of hydrogen-bond acceptors (Lipinski definition) is 3. The summed E-state index contributed by atoms with van der Waals surface area (Å²) >= 11 is 0. The Bertz CT molecular complexity index is 653. The van der Waals surface area contributed by atoms with Crippen molar-refractivity contribution in [3.8, 4) is 6.07 Å².